The van der Waals surface area contributed by atoms with Crippen molar-refractivity contribution < 1.29 is 0 Å². The van der Waals surface area contributed by atoms with Crippen molar-refractivity contribution in [3.05, 3.63) is 0 Å². The van der Waals surface area contributed by atoms with Gasteiger partial charge in [0.1, 0.15) is 0 Å². The SMILES string of the molecule is CN[C@@](C)(S)CN. The minimum Gasteiger partial charge on any atom is -0.328 e. The molecular formula is C4H12N2S. The average Bonchev–Trinajstić information content (AvgIpc) is 1.68. The summed E-state index contributed by atoms with van der Waals surface area (Å²) in [5, 5.41) is 2.93. The largest absolute Gasteiger partial charge is 0.328 e. The van der Waals surface area contributed by atoms with Crippen molar-refractivity contribution in [3.63, 3.8) is 0 Å². The van der Waals surface area contributed by atoms with Crippen molar-refractivity contribution in [2.75, 3.05) is 13.6 Å². The Labute approximate surface area is 49.9 Å². The molecule has 0 spiro atoms. The zero-order valence-corrected chi connectivity index (χ0v) is 5.63. The van der Waals surface area contributed by atoms with Gasteiger partial charge in [0.2, 0.25) is 0 Å². The Kier molecular flexibility index (Phi) is 2.64. The minimum atomic E-state index is -0.194. The van der Waals surface area contributed by atoms with Gasteiger partial charge in [0.15, 0.2) is 0 Å². The van der Waals surface area contributed by atoms with E-state index in [2.05, 4.69) is 17.9 Å². The average molecular weight is 120 g/mol. The van der Waals surface area contributed by atoms with Gasteiger partial charge < -0.3 is 11.1 Å². The van der Waals surface area contributed by atoms with Crippen molar-refractivity contribution in [1.82, 2.24) is 5.32 Å². The predicted octanol–water partition coefficient (Wildman–Crippen LogP) is -0.190. The van der Waals surface area contributed by atoms with Gasteiger partial charge in [0, 0.05) is 6.54 Å². The Balaban J connectivity index is 3.36. The van der Waals surface area contributed by atoms with Crippen LogP contribution in [0.15, 0.2) is 0 Å². The highest BCUT2D eigenvalue weighted by Gasteiger charge is 2.10. The normalized spacial score (nSPS) is 18.9. The molecule has 3 heteroatoms. The molecule has 0 radical (unpaired) electrons. The van der Waals surface area contributed by atoms with Crippen LogP contribution in [-0.4, -0.2) is 18.5 Å². The summed E-state index contributed by atoms with van der Waals surface area (Å²) in [5.74, 6) is 0. The third-order valence-corrected chi connectivity index (χ3v) is 1.34. The van der Waals surface area contributed by atoms with E-state index in [0.29, 0.717) is 6.54 Å². The van der Waals surface area contributed by atoms with Crippen LogP contribution >= 0.6 is 12.6 Å². The molecule has 0 rings (SSSR count). The van der Waals surface area contributed by atoms with Crippen LogP contribution in [0.4, 0.5) is 0 Å². The van der Waals surface area contributed by atoms with Crippen molar-refractivity contribution in [2.24, 2.45) is 5.73 Å². The zero-order chi connectivity index (χ0) is 5.91. The minimum absolute atomic E-state index is 0.194. The quantitative estimate of drug-likeness (QED) is 0.349. The van der Waals surface area contributed by atoms with Crippen LogP contribution in [0.2, 0.25) is 0 Å². The van der Waals surface area contributed by atoms with Gasteiger partial charge in [-0.3, -0.25) is 0 Å². The Hall–Kier alpha value is 0.270. The first-order valence-electron chi connectivity index (χ1n) is 2.24. The lowest BCUT2D eigenvalue weighted by molar-refractivity contribution is 0.571. The number of hydrogen-bond donors (Lipinski definition) is 3. The van der Waals surface area contributed by atoms with Crippen LogP contribution in [0.1, 0.15) is 6.92 Å². The molecule has 0 aliphatic carbocycles. The van der Waals surface area contributed by atoms with Crippen LogP contribution < -0.4 is 11.1 Å². The van der Waals surface area contributed by atoms with Gasteiger partial charge in [0.25, 0.3) is 0 Å². The molecule has 0 aliphatic heterocycles. The van der Waals surface area contributed by atoms with Crippen molar-refractivity contribution in [3.8, 4) is 0 Å². The number of nitrogens with two attached hydrogens (primary N) is 1. The molecule has 0 unspecified atom stereocenters. The van der Waals surface area contributed by atoms with Gasteiger partial charge in [-0.2, -0.15) is 12.6 Å². The second-order valence-electron chi connectivity index (χ2n) is 1.73. The highest BCUT2D eigenvalue weighted by molar-refractivity contribution is 7.81. The smallest absolute Gasteiger partial charge is 0.0708 e. The lowest BCUT2D eigenvalue weighted by atomic mass is 10.3. The lowest BCUT2D eigenvalue weighted by Gasteiger charge is -2.19. The van der Waals surface area contributed by atoms with E-state index in [0.717, 1.165) is 0 Å². The van der Waals surface area contributed by atoms with Gasteiger partial charge in [-0.05, 0) is 14.0 Å². The lowest BCUT2D eigenvalue weighted by Crippen LogP contribution is -2.40. The molecule has 3 N–H and O–H groups in total. The molecule has 0 heterocycles. The summed E-state index contributed by atoms with van der Waals surface area (Å²) in [6, 6.07) is 0. The second kappa shape index (κ2) is 2.55. The third kappa shape index (κ3) is 2.91. The van der Waals surface area contributed by atoms with E-state index in [9.17, 15) is 0 Å². The maximum absolute atomic E-state index is 5.28. The fraction of sp³-hybridized carbons (Fsp3) is 1.00. The number of rotatable bonds is 2. The van der Waals surface area contributed by atoms with Gasteiger partial charge >= 0.3 is 0 Å². The highest BCUT2D eigenvalue weighted by Crippen LogP contribution is 2.02. The molecule has 44 valence electrons. The summed E-state index contributed by atoms with van der Waals surface area (Å²) >= 11 is 4.15. The Morgan fingerprint density at radius 3 is 2.29 bits per heavy atom. The molecule has 0 saturated heterocycles. The molecule has 7 heavy (non-hydrogen) atoms. The molecule has 0 fully saturated rings. The molecule has 0 aromatic rings. The van der Waals surface area contributed by atoms with Crippen molar-refractivity contribution in [1.29, 1.82) is 0 Å². The summed E-state index contributed by atoms with van der Waals surface area (Å²) in [6.45, 7) is 2.47. The zero-order valence-electron chi connectivity index (χ0n) is 4.73. The summed E-state index contributed by atoms with van der Waals surface area (Å²) in [6.07, 6.45) is 0. The highest BCUT2D eigenvalue weighted by atomic mass is 32.1. The van der Waals surface area contributed by atoms with E-state index < -0.39 is 0 Å². The van der Waals surface area contributed by atoms with Crippen molar-refractivity contribution in [2.45, 2.75) is 11.8 Å². The van der Waals surface area contributed by atoms with E-state index in [1.807, 2.05) is 14.0 Å². The summed E-state index contributed by atoms with van der Waals surface area (Å²) in [7, 11) is 1.83. The van der Waals surface area contributed by atoms with Crippen LogP contribution in [0.25, 0.3) is 0 Å². The Morgan fingerprint density at radius 1 is 1.86 bits per heavy atom. The number of hydrogen-bond acceptors (Lipinski definition) is 3. The van der Waals surface area contributed by atoms with Crippen LogP contribution in [0.5, 0.6) is 0 Å². The Bertz CT molecular complexity index is 47.7. The summed E-state index contributed by atoms with van der Waals surface area (Å²) in [5.41, 5.74) is 5.28. The van der Waals surface area contributed by atoms with E-state index in [1.54, 1.807) is 0 Å². The fourth-order valence-corrected chi connectivity index (χ4v) is 0.102. The van der Waals surface area contributed by atoms with E-state index in [-0.39, 0.29) is 4.87 Å². The molecule has 1 atom stereocenters. The first-order chi connectivity index (χ1) is 3.12. The number of thiol groups is 1. The number of likely N-dealkylation sites (N-methyl/N-ethyl adjacent to an activating group) is 1. The van der Waals surface area contributed by atoms with Gasteiger partial charge in [0.05, 0.1) is 4.87 Å². The first kappa shape index (κ1) is 7.27. The van der Waals surface area contributed by atoms with Crippen LogP contribution in [0.3, 0.4) is 0 Å². The Morgan fingerprint density at radius 2 is 2.29 bits per heavy atom. The van der Waals surface area contributed by atoms with Gasteiger partial charge in [-0.1, -0.05) is 0 Å². The fourth-order valence-electron chi connectivity index (χ4n) is 0.102. The molecule has 0 amide bonds. The molecule has 0 aromatic carbocycles. The predicted molar refractivity (Wildman–Crippen MR) is 35.5 cm³/mol. The van der Waals surface area contributed by atoms with Crippen LogP contribution in [0, 0.1) is 0 Å². The van der Waals surface area contributed by atoms with E-state index >= 15 is 0 Å². The maximum Gasteiger partial charge on any atom is 0.0708 e. The van der Waals surface area contributed by atoms with Gasteiger partial charge in [-0.25, -0.2) is 0 Å². The molecular weight excluding hydrogens is 108 g/mol. The number of nitrogens with one attached hydrogen (secondary N) is 1. The summed E-state index contributed by atoms with van der Waals surface area (Å²) < 4.78 is 0. The summed E-state index contributed by atoms with van der Waals surface area (Å²) in [4.78, 5) is -0.194. The standard InChI is InChI=1S/C4H12N2S/c1-4(7,3-5)6-2/h6-7H,3,5H2,1-2H3/t4-/m0/s1. The van der Waals surface area contributed by atoms with Gasteiger partial charge in [-0.15, -0.1) is 0 Å². The monoisotopic (exact) mass is 120 g/mol. The van der Waals surface area contributed by atoms with Crippen LogP contribution in [-0.2, 0) is 0 Å². The topological polar surface area (TPSA) is 38.0 Å². The van der Waals surface area contributed by atoms with Crippen molar-refractivity contribution >= 4 is 12.6 Å². The maximum atomic E-state index is 5.28. The molecule has 0 saturated carbocycles. The second-order valence-corrected chi connectivity index (χ2v) is 2.72. The first-order valence-corrected chi connectivity index (χ1v) is 2.68. The molecule has 0 aliphatic rings. The van der Waals surface area contributed by atoms with E-state index in [4.69, 9.17) is 5.73 Å². The molecule has 0 aromatic heterocycles. The third-order valence-electron chi connectivity index (χ3n) is 0.936. The molecule has 2 nitrogen and oxygen atoms in total. The van der Waals surface area contributed by atoms with E-state index in [1.165, 1.54) is 0 Å². The molecule has 0 bridgehead atoms.